The van der Waals surface area contributed by atoms with Crippen molar-refractivity contribution in [2.75, 3.05) is 13.1 Å². The predicted molar refractivity (Wildman–Crippen MR) is 105 cm³/mol. The Morgan fingerprint density at radius 2 is 1.96 bits per heavy atom. The second-order valence-corrected chi connectivity index (χ2v) is 9.75. The summed E-state index contributed by atoms with van der Waals surface area (Å²) in [5, 5.41) is 0.434. The lowest BCUT2D eigenvalue weighted by Crippen LogP contribution is -2.42. The molecule has 1 aromatic carbocycles. The third kappa shape index (κ3) is 4.39. The van der Waals surface area contributed by atoms with Gasteiger partial charge in [0.05, 0.1) is 16.7 Å². The maximum Gasteiger partial charge on any atom is 0.338 e. The molecule has 0 spiro atoms. The molecule has 0 N–H and O–H groups in total. The molecule has 1 saturated heterocycles. The zero-order valence-corrected chi connectivity index (χ0v) is 17.7. The largest absolute Gasteiger partial charge is 0.454 e. The van der Waals surface area contributed by atoms with Gasteiger partial charge in [-0.3, -0.25) is 0 Å². The Kier molecular flexibility index (Phi) is 6.12. The van der Waals surface area contributed by atoms with Crippen molar-refractivity contribution < 1.29 is 17.9 Å². The number of ether oxygens (including phenoxy) is 1. The third-order valence-corrected chi connectivity index (χ3v) is 7.08. The van der Waals surface area contributed by atoms with Crippen molar-refractivity contribution in [1.82, 2.24) is 13.9 Å². The first kappa shape index (κ1) is 20.8. The van der Waals surface area contributed by atoms with Crippen LogP contribution in [-0.2, 0) is 28.4 Å². The molecule has 1 aliphatic heterocycles. The van der Waals surface area contributed by atoms with Crippen LogP contribution in [0.3, 0.4) is 0 Å². The SMILES string of the molecule is C[C@H]1C[C@H](C)CN(S(=O)(=O)c2cccc(C(=O)OCc3ncc(Cl)n3C)c2)C1. The van der Waals surface area contributed by atoms with Crippen LogP contribution in [0.1, 0.15) is 36.5 Å². The van der Waals surface area contributed by atoms with E-state index in [0.29, 0.717) is 35.9 Å². The number of sulfonamides is 1. The van der Waals surface area contributed by atoms with Gasteiger partial charge in [-0.05, 0) is 36.5 Å². The molecule has 2 heterocycles. The highest BCUT2D eigenvalue weighted by Crippen LogP contribution is 2.27. The van der Waals surface area contributed by atoms with Crippen molar-refractivity contribution in [1.29, 1.82) is 0 Å². The quantitative estimate of drug-likeness (QED) is 0.687. The minimum atomic E-state index is -3.66. The number of benzene rings is 1. The van der Waals surface area contributed by atoms with Gasteiger partial charge in [0.15, 0.2) is 0 Å². The number of carbonyl (C=O) groups excluding carboxylic acids is 1. The van der Waals surface area contributed by atoms with Gasteiger partial charge in [0.1, 0.15) is 17.6 Å². The van der Waals surface area contributed by atoms with Gasteiger partial charge in [0.25, 0.3) is 0 Å². The fourth-order valence-electron chi connectivity index (χ4n) is 3.51. The number of imidazole rings is 1. The van der Waals surface area contributed by atoms with Crippen molar-refractivity contribution in [2.45, 2.75) is 31.8 Å². The predicted octanol–water partition coefficient (Wildman–Crippen LogP) is 3.10. The molecule has 2 aromatic rings. The Morgan fingerprint density at radius 3 is 2.57 bits per heavy atom. The van der Waals surface area contributed by atoms with Crippen molar-refractivity contribution in [3.05, 3.63) is 47.0 Å². The molecular formula is C19H24ClN3O4S. The van der Waals surface area contributed by atoms with Gasteiger partial charge >= 0.3 is 5.97 Å². The highest BCUT2D eigenvalue weighted by atomic mass is 35.5. The normalized spacial score (nSPS) is 20.9. The van der Waals surface area contributed by atoms with Gasteiger partial charge in [-0.1, -0.05) is 31.5 Å². The lowest BCUT2D eigenvalue weighted by Gasteiger charge is -2.34. The molecule has 152 valence electrons. The summed E-state index contributed by atoms with van der Waals surface area (Å²) < 4.78 is 34.4. The molecule has 1 aliphatic rings. The second-order valence-electron chi connectivity index (χ2n) is 7.43. The van der Waals surface area contributed by atoms with Crippen LogP contribution in [-0.4, -0.2) is 41.3 Å². The lowest BCUT2D eigenvalue weighted by atomic mass is 9.94. The Hall–Kier alpha value is -1.90. The van der Waals surface area contributed by atoms with E-state index in [1.54, 1.807) is 17.7 Å². The first-order chi connectivity index (χ1) is 13.2. The van der Waals surface area contributed by atoms with Crippen LogP contribution in [0.4, 0.5) is 0 Å². The lowest BCUT2D eigenvalue weighted by molar-refractivity contribution is 0.0459. The van der Waals surface area contributed by atoms with Crippen molar-refractivity contribution in [3.63, 3.8) is 0 Å². The zero-order chi connectivity index (χ0) is 20.5. The average molecular weight is 426 g/mol. The number of esters is 1. The number of halogens is 1. The molecule has 1 fully saturated rings. The summed E-state index contributed by atoms with van der Waals surface area (Å²) in [5.74, 6) is 0.488. The van der Waals surface area contributed by atoms with E-state index in [9.17, 15) is 13.2 Å². The van der Waals surface area contributed by atoms with Crippen LogP contribution in [0.2, 0.25) is 5.15 Å². The Balaban J connectivity index is 1.75. The summed E-state index contributed by atoms with van der Waals surface area (Å²) in [6, 6.07) is 5.97. The molecule has 0 unspecified atom stereocenters. The van der Waals surface area contributed by atoms with E-state index in [2.05, 4.69) is 18.8 Å². The number of aromatic nitrogens is 2. The average Bonchev–Trinajstić information content (AvgIpc) is 2.97. The summed E-state index contributed by atoms with van der Waals surface area (Å²) in [6.07, 6.45) is 2.48. The van der Waals surface area contributed by atoms with E-state index in [4.69, 9.17) is 16.3 Å². The Bertz CT molecular complexity index is 963. The molecular weight excluding hydrogens is 402 g/mol. The van der Waals surface area contributed by atoms with Crippen LogP contribution in [0.15, 0.2) is 35.4 Å². The van der Waals surface area contributed by atoms with Crippen LogP contribution in [0.25, 0.3) is 0 Å². The van der Waals surface area contributed by atoms with Crippen molar-refractivity contribution in [2.24, 2.45) is 18.9 Å². The molecule has 28 heavy (non-hydrogen) atoms. The Morgan fingerprint density at radius 1 is 1.29 bits per heavy atom. The van der Waals surface area contributed by atoms with Crippen LogP contribution in [0.5, 0.6) is 0 Å². The molecule has 0 aliphatic carbocycles. The molecule has 7 nitrogen and oxygen atoms in total. The summed E-state index contributed by atoms with van der Waals surface area (Å²) in [5.41, 5.74) is 0.180. The molecule has 0 radical (unpaired) electrons. The van der Waals surface area contributed by atoms with Gasteiger partial charge in [0, 0.05) is 20.1 Å². The summed E-state index contributed by atoms with van der Waals surface area (Å²) >= 11 is 5.92. The minimum Gasteiger partial charge on any atom is -0.454 e. The van der Waals surface area contributed by atoms with E-state index in [1.807, 2.05) is 0 Å². The van der Waals surface area contributed by atoms with E-state index < -0.39 is 16.0 Å². The fourth-order valence-corrected chi connectivity index (χ4v) is 5.38. The second kappa shape index (κ2) is 8.23. The van der Waals surface area contributed by atoms with Crippen LogP contribution in [0, 0.1) is 11.8 Å². The first-order valence-corrected chi connectivity index (χ1v) is 10.9. The van der Waals surface area contributed by atoms with E-state index >= 15 is 0 Å². The number of piperidine rings is 1. The van der Waals surface area contributed by atoms with E-state index in [1.165, 1.54) is 28.7 Å². The molecule has 0 bridgehead atoms. The molecule has 1 aromatic heterocycles. The van der Waals surface area contributed by atoms with Gasteiger partial charge in [-0.15, -0.1) is 0 Å². The topological polar surface area (TPSA) is 81.5 Å². The summed E-state index contributed by atoms with van der Waals surface area (Å²) in [7, 11) is -1.95. The number of hydrogen-bond donors (Lipinski definition) is 0. The fraction of sp³-hybridized carbons (Fsp3) is 0.474. The maximum atomic E-state index is 13.0. The Labute approximate surface area is 170 Å². The molecule has 3 rings (SSSR count). The molecule has 0 amide bonds. The number of nitrogens with zero attached hydrogens (tertiary/aromatic N) is 3. The summed E-state index contributed by atoms with van der Waals surface area (Å²) in [4.78, 5) is 16.6. The van der Waals surface area contributed by atoms with Crippen molar-refractivity contribution >= 4 is 27.6 Å². The maximum absolute atomic E-state index is 13.0. The number of hydrogen-bond acceptors (Lipinski definition) is 5. The van der Waals surface area contributed by atoms with Crippen LogP contribution < -0.4 is 0 Å². The van der Waals surface area contributed by atoms with Gasteiger partial charge in [0.2, 0.25) is 10.0 Å². The van der Waals surface area contributed by atoms with Gasteiger partial charge < -0.3 is 9.30 Å². The van der Waals surface area contributed by atoms with Crippen LogP contribution >= 0.6 is 11.6 Å². The minimum absolute atomic E-state index is 0.0554. The smallest absolute Gasteiger partial charge is 0.338 e. The van der Waals surface area contributed by atoms with Gasteiger partial charge in [-0.25, -0.2) is 18.2 Å². The highest BCUT2D eigenvalue weighted by molar-refractivity contribution is 7.89. The standard InChI is InChI=1S/C19H24ClN3O4S/c1-13-7-14(2)11-23(10-13)28(25,26)16-6-4-5-15(8-16)19(24)27-12-18-21-9-17(20)22(18)3/h4-6,8-9,13-14H,7,10-12H2,1-3H3/t13-,14-/m0/s1. The molecule has 9 heteroatoms. The van der Waals surface area contributed by atoms with E-state index in [-0.39, 0.29) is 17.1 Å². The first-order valence-electron chi connectivity index (χ1n) is 9.12. The summed E-state index contributed by atoms with van der Waals surface area (Å²) in [6.45, 7) is 5.02. The number of rotatable bonds is 5. The van der Waals surface area contributed by atoms with E-state index in [0.717, 1.165) is 6.42 Å². The molecule has 2 atom stereocenters. The number of carbonyl (C=O) groups is 1. The third-order valence-electron chi connectivity index (χ3n) is 4.90. The van der Waals surface area contributed by atoms with Crippen molar-refractivity contribution in [3.8, 4) is 0 Å². The zero-order valence-electron chi connectivity index (χ0n) is 16.1. The van der Waals surface area contributed by atoms with Gasteiger partial charge in [-0.2, -0.15) is 4.31 Å². The highest BCUT2D eigenvalue weighted by Gasteiger charge is 2.32. The monoisotopic (exact) mass is 425 g/mol. The molecule has 0 saturated carbocycles.